The number of carbonyl (C=O) groups excluding carboxylic acids is 1. The zero-order valence-electron chi connectivity index (χ0n) is 47.3. The molecular formula is C60H103NO18. The third kappa shape index (κ3) is 27.0. The highest BCUT2D eigenvalue weighted by atomic mass is 16.8. The van der Waals surface area contributed by atoms with Gasteiger partial charge in [-0.3, -0.25) is 4.79 Å². The standard InChI is InChI=1S/C60H103NO18/c1-3-5-7-9-11-13-15-17-18-19-20-21-22-23-24-26-28-30-32-34-36-38-48(66)61-43(44(65)37-35-33-31-29-27-25-16-14-12-10-8-6-4-2)42-74-58-54(72)51(69)56(46(40-63)76-58)79-60-55(73)52(70)57(47(41-64)77-60)78-59-53(71)50(68)49(67)45(39-62)75-59/h5,7,11,13,17-18,20-21,23-24,28,30,43-47,49-60,62-65,67-73H,3-4,6,8-10,12,14-16,19,22,25-27,29,31-42H2,1-2H3,(H,61,66)/b7-5-,13-11-,18-17-,21-20-,24-23-,30-28-. The number of allylic oxidation sites excluding steroid dienone is 12. The van der Waals surface area contributed by atoms with Gasteiger partial charge in [-0.1, -0.05) is 170 Å². The van der Waals surface area contributed by atoms with Crippen molar-refractivity contribution in [3.8, 4) is 0 Å². The highest BCUT2D eigenvalue weighted by molar-refractivity contribution is 5.76. The fourth-order valence-corrected chi connectivity index (χ4v) is 9.67. The first kappa shape index (κ1) is 70.5. The minimum Gasteiger partial charge on any atom is -0.394 e. The summed E-state index contributed by atoms with van der Waals surface area (Å²) >= 11 is 0. The summed E-state index contributed by atoms with van der Waals surface area (Å²) in [6, 6.07) is -0.913. The lowest BCUT2D eigenvalue weighted by Gasteiger charge is -2.48. The van der Waals surface area contributed by atoms with Gasteiger partial charge in [0.15, 0.2) is 18.9 Å². The van der Waals surface area contributed by atoms with Gasteiger partial charge in [-0.25, -0.2) is 0 Å². The van der Waals surface area contributed by atoms with Crippen LogP contribution in [-0.2, 0) is 33.2 Å². The molecule has 3 heterocycles. The van der Waals surface area contributed by atoms with E-state index in [2.05, 4.69) is 92.1 Å². The minimum absolute atomic E-state index is 0.207. The Bertz CT molecular complexity index is 1730. The van der Waals surface area contributed by atoms with Gasteiger partial charge in [0.25, 0.3) is 0 Å². The Kier molecular flexibility index (Phi) is 38.3. The lowest BCUT2D eigenvalue weighted by molar-refractivity contribution is -0.379. The smallest absolute Gasteiger partial charge is 0.220 e. The summed E-state index contributed by atoms with van der Waals surface area (Å²) in [5, 5.41) is 120. The summed E-state index contributed by atoms with van der Waals surface area (Å²) in [6.45, 7) is 1.61. The second-order valence-corrected chi connectivity index (χ2v) is 21.1. The summed E-state index contributed by atoms with van der Waals surface area (Å²) in [4.78, 5) is 13.3. The van der Waals surface area contributed by atoms with Crippen molar-refractivity contribution in [2.75, 3.05) is 26.4 Å². The zero-order valence-corrected chi connectivity index (χ0v) is 47.3. The van der Waals surface area contributed by atoms with E-state index in [1.165, 1.54) is 57.8 Å². The van der Waals surface area contributed by atoms with Crippen LogP contribution < -0.4 is 5.32 Å². The molecule has 17 unspecified atom stereocenters. The molecule has 3 fully saturated rings. The second-order valence-electron chi connectivity index (χ2n) is 21.1. The maximum absolute atomic E-state index is 13.3. The molecule has 3 saturated heterocycles. The summed E-state index contributed by atoms with van der Waals surface area (Å²) in [7, 11) is 0. The van der Waals surface area contributed by atoms with Crippen LogP contribution in [0, 0.1) is 0 Å². The first-order chi connectivity index (χ1) is 38.3. The van der Waals surface area contributed by atoms with E-state index in [1.807, 2.05) is 0 Å². The Morgan fingerprint density at radius 2 is 0.873 bits per heavy atom. The van der Waals surface area contributed by atoms with Crippen molar-refractivity contribution in [3.05, 3.63) is 72.9 Å². The van der Waals surface area contributed by atoms with Crippen LogP contribution in [0.15, 0.2) is 72.9 Å². The molecule has 0 aliphatic carbocycles. The summed E-state index contributed by atoms with van der Waals surface area (Å²) in [6.07, 6.45) is 22.7. The van der Waals surface area contributed by atoms with Crippen LogP contribution >= 0.6 is 0 Å². The Hall–Kier alpha value is -2.77. The minimum atomic E-state index is -1.98. The van der Waals surface area contributed by atoms with Crippen LogP contribution in [0.2, 0.25) is 0 Å². The molecule has 0 aromatic carbocycles. The second kappa shape index (κ2) is 43.0. The van der Waals surface area contributed by atoms with Crippen LogP contribution in [0.4, 0.5) is 0 Å². The molecular weight excluding hydrogens is 1020 g/mol. The van der Waals surface area contributed by atoms with Gasteiger partial charge >= 0.3 is 0 Å². The number of hydrogen-bond acceptors (Lipinski definition) is 18. The number of ether oxygens (including phenoxy) is 6. The predicted octanol–water partition coefficient (Wildman–Crippen LogP) is 5.04. The van der Waals surface area contributed by atoms with E-state index in [1.54, 1.807) is 0 Å². The van der Waals surface area contributed by atoms with E-state index in [0.29, 0.717) is 19.3 Å². The van der Waals surface area contributed by atoms with Gasteiger partial charge in [0.2, 0.25) is 5.91 Å². The van der Waals surface area contributed by atoms with E-state index in [9.17, 15) is 61.0 Å². The highest BCUT2D eigenvalue weighted by Gasteiger charge is 2.53. The molecule has 0 bridgehead atoms. The van der Waals surface area contributed by atoms with Crippen molar-refractivity contribution in [1.82, 2.24) is 5.32 Å². The van der Waals surface area contributed by atoms with Gasteiger partial charge in [0.05, 0.1) is 38.6 Å². The van der Waals surface area contributed by atoms with Crippen molar-refractivity contribution in [1.29, 1.82) is 0 Å². The number of unbranched alkanes of at least 4 members (excludes halogenated alkanes) is 14. The number of aliphatic hydroxyl groups excluding tert-OH is 11. The first-order valence-corrected chi connectivity index (χ1v) is 29.7. The summed E-state index contributed by atoms with van der Waals surface area (Å²) in [5.41, 5.74) is 0. The monoisotopic (exact) mass is 1130 g/mol. The Morgan fingerprint density at radius 3 is 1.34 bits per heavy atom. The lowest BCUT2D eigenvalue weighted by Crippen LogP contribution is -2.66. The van der Waals surface area contributed by atoms with Crippen LogP contribution in [-0.4, -0.2) is 193 Å². The van der Waals surface area contributed by atoms with E-state index in [0.717, 1.165) is 70.6 Å². The molecule has 12 N–H and O–H groups in total. The average molecular weight is 1130 g/mol. The highest BCUT2D eigenvalue weighted by Crippen LogP contribution is 2.33. The van der Waals surface area contributed by atoms with E-state index >= 15 is 0 Å². The number of rotatable bonds is 42. The fraction of sp³-hybridized carbons (Fsp3) is 0.783. The van der Waals surface area contributed by atoms with Crippen LogP contribution in [0.25, 0.3) is 0 Å². The Morgan fingerprint density at radius 1 is 0.468 bits per heavy atom. The molecule has 0 aromatic rings. The van der Waals surface area contributed by atoms with Gasteiger partial charge in [0, 0.05) is 6.42 Å². The molecule has 3 aliphatic heterocycles. The van der Waals surface area contributed by atoms with Crippen LogP contribution in [0.1, 0.15) is 168 Å². The summed E-state index contributed by atoms with van der Waals surface area (Å²) < 4.78 is 34.2. The number of carbonyl (C=O) groups is 1. The van der Waals surface area contributed by atoms with E-state index in [4.69, 9.17) is 28.4 Å². The first-order valence-electron chi connectivity index (χ1n) is 29.7. The molecule has 456 valence electrons. The molecule has 0 radical (unpaired) electrons. The van der Waals surface area contributed by atoms with Crippen molar-refractivity contribution < 1.29 is 89.4 Å². The van der Waals surface area contributed by atoms with Crippen molar-refractivity contribution >= 4 is 5.91 Å². The molecule has 0 saturated carbocycles. The molecule has 1 amide bonds. The SMILES string of the molecule is CC/C=C\C/C=C\C/C=C\C/C=C\C/C=C\C/C=C\CCCCC(=O)NC(COC1OC(CO)C(OC2OC(CO)C(OC3OC(CO)C(O)C(O)C3O)C(O)C2O)C(O)C1O)C(O)CCCCCCCCCCCCCCC. The van der Waals surface area contributed by atoms with Crippen molar-refractivity contribution in [3.63, 3.8) is 0 Å². The molecule has 79 heavy (non-hydrogen) atoms. The Balaban J connectivity index is 1.51. The summed E-state index contributed by atoms with van der Waals surface area (Å²) in [5.74, 6) is -0.289. The molecule has 19 heteroatoms. The van der Waals surface area contributed by atoms with Gasteiger partial charge in [-0.05, 0) is 64.2 Å². The molecule has 3 aliphatic rings. The Labute approximate surface area is 470 Å². The molecule has 3 rings (SSSR count). The largest absolute Gasteiger partial charge is 0.394 e. The third-order valence-corrected chi connectivity index (χ3v) is 14.5. The normalized spacial score (nSPS) is 30.8. The molecule has 19 nitrogen and oxygen atoms in total. The number of amides is 1. The number of nitrogens with one attached hydrogen (secondary N) is 1. The maximum Gasteiger partial charge on any atom is 0.220 e. The fourth-order valence-electron chi connectivity index (χ4n) is 9.67. The molecule has 0 aromatic heterocycles. The third-order valence-electron chi connectivity index (χ3n) is 14.5. The van der Waals surface area contributed by atoms with Crippen molar-refractivity contribution in [2.24, 2.45) is 0 Å². The van der Waals surface area contributed by atoms with Gasteiger partial charge in [0.1, 0.15) is 73.2 Å². The van der Waals surface area contributed by atoms with Crippen LogP contribution in [0.5, 0.6) is 0 Å². The number of aliphatic hydroxyl groups is 11. The average Bonchev–Trinajstić information content (AvgIpc) is 3.45. The van der Waals surface area contributed by atoms with Crippen LogP contribution in [0.3, 0.4) is 0 Å². The number of hydrogen-bond donors (Lipinski definition) is 12. The van der Waals surface area contributed by atoms with Gasteiger partial charge in [-0.15, -0.1) is 0 Å². The topological polar surface area (TPSA) is 307 Å². The molecule has 0 spiro atoms. The quantitative estimate of drug-likeness (QED) is 0.0282. The van der Waals surface area contributed by atoms with E-state index < -0.39 is 124 Å². The van der Waals surface area contributed by atoms with Gasteiger partial charge < -0.3 is 89.9 Å². The molecule has 17 atom stereocenters. The van der Waals surface area contributed by atoms with E-state index in [-0.39, 0.29) is 18.9 Å². The zero-order chi connectivity index (χ0) is 57.6. The lowest BCUT2D eigenvalue weighted by atomic mass is 9.96. The maximum atomic E-state index is 13.3. The van der Waals surface area contributed by atoms with Crippen molar-refractivity contribution in [2.45, 2.75) is 272 Å². The predicted molar refractivity (Wildman–Crippen MR) is 300 cm³/mol. The van der Waals surface area contributed by atoms with Gasteiger partial charge in [-0.2, -0.15) is 0 Å².